The van der Waals surface area contributed by atoms with E-state index in [2.05, 4.69) is 50.0 Å². The highest BCUT2D eigenvalue weighted by molar-refractivity contribution is 7.22. The van der Waals surface area contributed by atoms with Crippen molar-refractivity contribution in [2.45, 2.75) is 45.6 Å². The molecule has 38 heavy (non-hydrogen) atoms. The van der Waals surface area contributed by atoms with Crippen LogP contribution in [0.25, 0.3) is 20.7 Å². The Kier molecular flexibility index (Phi) is 6.39. The van der Waals surface area contributed by atoms with E-state index in [9.17, 15) is 4.79 Å². The third-order valence-electron chi connectivity index (χ3n) is 7.83. The van der Waals surface area contributed by atoms with E-state index in [-0.39, 0.29) is 23.1 Å². The number of hydrogen-bond acceptors (Lipinski definition) is 8. The first-order valence-electron chi connectivity index (χ1n) is 13.2. The number of rotatable bonds is 5. The summed E-state index contributed by atoms with van der Waals surface area (Å²) in [5.74, 6) is 0.553. The molecule has 0 unspecified atom stereocenters. The molecule has 0 amide bonds. The van der Waals surface area contributed by atoms with Crippen LogP contribution in [0.5, 0.6) is 0 Å². The Bertz CT molecular complexity index is 1550. The molecular formula is C28H32FN7OS. The van der Waals surface area contributed by atoms with Crippen LogP contribution < -0.4 is 15.8 Å². The van der Waals surface area contributed by atoms with E-state index in [0.29, 0.717) is 22.1 Å². The van der Waals surface area contributed by atoms with E-state index >= 15 is 4.39 Å². The van der Waals surface area contributed by atoms with Crippen molar-refractivity contribution in [3.8, 4) is 10.6 Å². The highest BCUT2D eigenvalue weighted by atomic mass is 32.1. The number of anilines is 3. The van der Waals surface area contributed by atoms with E-state index in [1.54, 1.807) is 11.6 Å². The molecule has 2 bridgehead atoms. The molecule has 1 N–H and O–H groups in total. The molecule has 10 heteroatoms. The van der Waals surface area contributed by atoms with Gasteiger partial charge in [-0.15, -0.1) is 11.3 Å². The minimum atomic E-state index is -0.525. The van der Waals surface area contributed by atoms with Crippen LogP contribution in [0.15, 0.2) is 35.5 Å². The van der Waals surface area contributed by atoms with E-state index < -0.39 is 5.82 Å². The van der Waals surface area contributed by atoms with Crippen LogP contribution in [-0.2, 0) is 7.05 Å². The Morgan fingerprint density at radius 1 is 1.11 bits per heavy atom. The molecule has 7 rings (SSSR count). The van der Waals surface area contributed by atoms with Crippen LogP contribution in [0.3, 0.4) is 0 Å². The number of nitrogens with one attached hydrogen (secondary N) is 1. The van der Waals surface area contributed by atoms with Gasteiger partial charge in [-0.1, -0.05) is 13.8 Å². The summed E-state index contributed by atoms with van der Waals surface area (Å²) >= 11 is 1.41. The number of piperidine rings is 1. The van der Waals surface area contributed by atoms with Crippen LogP contribution >= 0.6 is 11.3 Å². The summed E-state index contributed by atoms with van der Waals surface area (Å²) in [6, 6.07) is 4.56. The number of aromatic nitrogens is 4. The second-order valence-corrected chi connectivity index (χ2v) is 11.6. The van der Waals surface area contributed by atoms with Gasteiger partial charge in [0.05, 0.1) is 28.3 Å². The van der Waals surface area contributed by atoms with Crippen LogP contribution in [0.4, 0.5) is 21.8 Å². The molecule has 3 saturated heterocycles. The van der Waals surface area contributed by atoms with Gasteiger partial charge in [-0.3, -0.25) is 4.79 Å². The van der Waals surface area contributed by atoms with Crippen LogP contribution in [-0.4, -0.2) is 56.6 Å². The molecule has 0 atom stereocenters. The second-order valence-electron chi connectivity index (χ2n) is 10.6. The minimum Gasteiger partial charge on any atom is -0.366 e. The second kappa shape index (κ2) is 9.74. The third kappa shape index (κ3) is 4.35. The van der Waals surface area contributed by atoms with Crippen molar-refractivity contribution in [1.82, 2.24) is 24.4 Å². The van der Waals surface area contributed by atoms with E-state index in [1.807, 2.05) is 25.4 Å². The standard InChI is InChI=1S/C28H32FN7OS/c1-16(2)20-15-34(4)27(37)23-17(3)25(38-26(20)23)24-21(29)14-31-28(33-24)32-22-6-5-19(13-30-22)36-12-11-35-9-7-18(36)8-10-35/h5-6,13-16,18H,7-12H2,1-4H3,(H,30,31,32,33). The lowest BCUT2D eigenvalue weighted by Gasteiger charge is -2.32. The Labute approximate surface area is 225 Å². The summed E-state index contributed by atoms with van der Waals surface area (Å²) in [5, 5.41) is 3.76. The molecule has 4 aromatic rings. The van der Waals surface area contributed by atoms with Gasteiger partial charge in [0.1, 0.15) is 11.5 Å². The van der Waals surface area contributed by atoms with Gasteiger partial charge in [0, 0.05) is 50.2 Å². The van der Waals surface area contributed by atoms with Crippen molar-refractivity contribution in [3.63, 3.8) is 0 Å². The first kappa shape index (κ1) is 24.9. The van der Waals surface area contributed by atoms with Gasteiger partial charge in [0.15, 0.2) is 5.82 Å². The minimum absolute atomic E-state index is 0.0868. The smallest absolute Gasteiger partial charge is 0.259 e. The molecule has 0 radical (unpaired) electrons. The summed E-state index contributed by atoms with van der Waals surface area (Å²) in [6.07, 6.45) is 7.32. The van der Waals surface area contributed by atoms with Gasteiger partial charge in [-0.05, 0) is 48.9 Å². The summed E-state index contributed by atoms with van der Waals surface area (Å²) < 4.78 is 17.5. The maximum atomic E-state index is 15.1. The number of nitrogens with zero attached hydrogens (tertiary/aromatic N) is 6. The lowest BCUT2D eigenvalue weighted by molar-refractivity contribution is 0.250. The van der Waals surface area contributed by atoms with Gasteiger partial charge in [0.2, 0.25) is 5.95 Å². The largest absolute Gasteiger partial charge is 0.366 e. The fraction of sp³-hybridized carbons (Fsp3) is 0.429. The molecule has 3 aliphatic heterocycles. The molecule has 198 valence electrons. The summed E-state index contributed by atoms with van der Waals surface area (Å²) in [4.78, 5) is 31.9. The Hall–Kier alpha value is -3.37. The molecule has 7 heterocycles. The van der Waals surface area contributed by atoms with Gasteiger partial charge in [0.25, 0.3) is 5.56 Å². The molecule has 0 aliphatic carbocycles. The Balaban J connectivity index is 1.30. The maximum Gasteiger partial charge on any atom is 0.259 e. The van der Waals surface area contributed by atoms with Crippen molar-refractivity contribution in [2.75, 3.05) is 36.4 Å². The molecule has 0 aromatic carbocycles. The highest BCUT2D eigenvalue weighted by Crippen LogP contribution is 2.40. The van der Waals surface area contributed by atoms with Crippen molar-refractivity contribution in [2.24, 2.45) is 7.05 Å². The number of thiophene rings is 1. The quantitative estimate of drug-likeness (QED) is 0.385. The predicted molar refractivity (Wildman–Crippen MR) is 151 cm³/mol. The van der Waals surface area contributed by atoms with Crippen LogP contribution in [0.1, 0.15) is 43.7 Å². The monoisotopic (exact) mass is 533 g/mol. The van der Waals surface area contributed by atoms with Crippen molar-refractivity contribution in [1.29, 1.82) is 0 Å². The fourth-order valence-electron chi connectivity index (χ4n) is 5.67. The summed E-state index contributed by atoms with van der Waals surface area (Å²) in [6.45, 7) is 10.5. The zero-order valence-electron chi connectivity index (χ0n) is 22.2. The van der Waals surface area contributed by atoms with E-state index in [4.69, 9.17) is 0 Å². The number of halogens is 1. The molecule has 4 aromatic heterocycles. The number of pyridine rings is 2. The van der Waals surface area contributed by atoms with Crippen molar-refractivity contribution < 1.29 is 4.39 Å². The van der Waals surface area contributed by atoms with Gasteiger partial charge in [-0.2, -0.15) is 0 Å². The zero-order valence-corrected chi connectivity index (χ0v) is 23.0. The first-order valence-corrected chi connectivity index (χ1v) is 14.0. The average Bonchev–Trinajstić information content (AvgIpc) is 3.04. The van der Waals surface area contributed by atoms with Gasteiger partial charge < -0.3 is 19.7 Å². The molecular weight excluding hydrogens is 501 g/mol. The van der Waals surface area contributed by atoms with Crippen LogP contribution in [0.2, 0.25) is 0 Å². The van der Waals surface area contributed by atoms with Crippen molar-refractivity contribution in [3.05, 3.63) is 58.0 Å². The summed E-state index contributed by atoms with van der Waals surface area (Å²) in [7, 11) is 1.76. The van der Waals surface area contributed by atoms with E-state index in [1.165, 1.54) is 43.5 Å². The van der Waals surface area contributed by atoms with Crippen molar-refractivity contribution >= 4 is 38.9 Å². The molecule has 0 spiro atoms. The van der Waals surface area contributed by atoms with Crippen LogP contribution in [0, 0.1) is 12.7 Å². The topological polar surface area (TPSA) is 79.2 Å². The van der Waals surface area contributed by atoms with Gasteiger partial charge >= 0.3 is 0 Å². The lowest BCUT2D eigenvalue weighted by Crippen LogP contribution is -2.37. The third-order valence-corrected chi connectivity index (χ3v) is 9.18. The maximum absolute atomic E-state index is 15.1. The Morgan fingerprint density at radius 2 is 1.89 bits per heavy atom. The lowest BCUT2D eigenvalue weighted by atomic mass is 10.0. The molecule has 3 aliphatic rings. The van der Waals surface area contributed by atoms with E-state index in [0.717, 1.165) is 34.6 Å². The highest BCUT2D eigenvalue weighted by Gasteiger charge is 2.29. The molecule has 8 nitrogen and oxygen atoms in total. The first-order chi connectivity index (χ1) is 18.3. The average molecular weight is 534 g/mol. The number of aryl methyl sites for hydroxylation is 2. The Morgan fingerprint density at radius 3 is 2.61 bits per heavy atom. The molecule has 0 saturated carbocycles. The molecule has 3 fully saturated rings. The normalized spacial score (nSPS) is 19.4. The summed E-state index contributed by atoms with van der Waals surface area (Å²) in [5.41, 5.74) is 3.02. The fourth-order valence-corrected chi connectivity index (χ4v) is 7.12. The predicted octanol–water partition coefficient (Wildman–Crippen LogP) is 5.05. The van der Waals surface area contributed by atoms with Gasteiger partial charge in [-0.25, -0.2) is 19.3 Å². The zero-order chi connectivity index (χ0) is 26.6. The number of fused-ring (bicyclic) bond motifs is 5. The SMILES string of the molecule is Cc1c(-c2nc(Nc3ccc(N4CCN5CCC4CC5)cn3)ncc2F)sc2c(C(C)C)cn(C)c(=O)c12. The number of hydrogen-bond donors (Lipinski definition) is 1.